The second-order valence-corrected chi connectivity index (χ2v) is 5.88. The maximum Gasteiger partial charge on any atom is 0.204 e. The minimum Gasteiger partial charge on any atom is -0.300 e. The maximum absolute atomic E-state index is 12.3. The van der Waals surface area contributed by atoms with Crippen molar-refractivity contribution in [3.8, 4) is 0 Å². The van der Waals surface area contributed by atoms with Crippen LogP contribution in [0.3, 0.4) is 0 Å². The first kappa shape index (κ1) is 13.2. The van der Waals surface area contributed by atoms with Crippen molar-refractivity contribution in [2.75, 3.05) is 0 Å². The lowest BCUT2D eigenvalue weighted by atomic mass is 10.1. The van der Waals surface area contributed by atoms with Crippen LogP contribution >= 0.6 is 15.9 Å². The van der Waals surface area contributed by atoms with Gasteiger partial charge < -0.3 is 0 Å². The molecule has 0 bridgehead atoms. The van der Waals surface area contributed by atoms with Crippen LogP contribution in [-0.2, 0) is 6.42 Å². The van der Waals surface area contributed by atoms with Crippen LogP contribution < -0.4 is 0 Å². The average molecular weight is 355 g/mol. The van der Waals surface area contributed by atoms with Crippen LogP contribution in [0, 0.1) is 0 Å². The molecule has 2 heterocycles. The van der Waals surface area contributed by atoms with Gasteiger partial charge in [0.05, 0.1) is 16.6 Å². The highest BCUT2D eigenvalue weighted by atomic mass is 79.9. The average Bonchev–Trinajstić information content (AvgIpc) is 3.10. The van der Waals surface area contributed by atoms with E-state index in [-0.39, 0.29) is 11.6 Å². The van der Waals surface area contributed by atoms with Crippen molar-refractivity contribution in [3.63, 3.8) is 0 Å². The number of aromatic nitrogens is 4. The standard InChI is InChI=1S/C16H11BrN4O/c17-15-10-7-12-13(8-11(10)20-21-15)19-16(18-12)14(22)6-9-4-2-1-3-5-9/h1-5,7-8,20-21H,6H2. The summed E-state index contributed by atoms with van der Waals surface area (Å²) in [6, 6.07) is 13.4. The molecule has 0 radical (unpaired) electrons. The van der Waals surface area contributed by atoms with E-state index in [2.05, 4.69) is 36.1 Å². The van der Waals surface area contributed by atoms with Crippen LogP contribution in [0.5, 0.6) is 0 Å². The number of imidazole rings is 1. The number of hydrogen-bond donors (Lipinski definition) is 2. The molecule has 0 aliphatic heterocycles. The van der Waals surface area contributed by atoms with E-state index in [1.807, 2.05) is 42.5 Å². The first-order valence-electron chi connectivity index (χ1n) is 6.81. The summed E-state index contributed by atoms with van der Waals surface area (Å²) < 4.78 is 0.851. The quantitative estimate of drug-likeness (QED) is 0.551. The minimum atomic E-state index is -0.0725. The molecule has 0 spiro atoms. The molecule has 4 aromatic rings. The SMILES string of the molecule is O=C(Cc1ccccc1)c1nc2cc3[nH][nH]c(Br)c3cc2n1. The van der Waals surface area contributed by atoms with Gasteiger partial charge >= 0.3 is 0 Å². The summed E-state index contributed by atoms with van der Waals surface area (Å²) in [5.74, 6) is 0.197. The number of rotatable bonds is 3. The lowest BCUT2D eigenvalue weighted by molar-refractivity contribution is 0.0984. The second kappa shape index (κ2) is 5.06. The molecule has 0 atom stereocenters. The van der Waals surface area contributed by atoms with E-state index < -0.39 is 0 Å². The molecule has 2 aromatic carbocycles. The third kappa shape index (κ3) is 2.21. The summed E-state index contributed by atoms with van der Waals surface area (Å²) in [7, 11) is 0. The number of benzene rings is 2. The van der Waals surface area contributed by atoms with Gasteiger partial charge in [-0.25, -0.2) is 9.97 Å². The van der Waals surface area contributed by atoms with E-state index in [0.717, 1.165) is 26.6 Å². The van der Waals surface area contributed by atoms with Crippen molar-refractivity contribution in [3.05, 3.63) is 58.5 Å². The number of H-pyrrole nitrogens is 2. The van der Waals surface area contributed by atoms with Crippen molar-refractivity contribution in [1.29, 1.82) is 0 Å². The summed E-state index contributed by atoms with van der Waals surface area (Å²) in [5, 5.41) is 7.00. The van der Waals surface area contributed by atoms with E-state index >= 15 is 0 Å². The summed E-state index contributed by atoms with van der Waals surface area (Å²) in [4.78, 5) is 21.1. The third-order valence-electron chi connectivity index (χ3n) is 3.57. The zero-order chi connectivity index (χ0) is 15.1. The number of Topliss-reactive ketones (excluding diaryl/α,β-unsaturated/α-hetero) is 1. The molecule has 0 fully saturated rings. The van der Waals surface area contributed by atoms with Crippen LogP contribution in [0.4, 0.5) is 0 Å². The van der Waals surface area contributed by atoms with Crippen LogP contribution in [0.1, 0.15) is 16.2 Å². The van der Waals surface area contributed by atoms with Gasteiger partial charge in [0.15, 0.2) is 5.82 Å². The summed E-state index contributed by atoms with van der Waals surface area (Å²) in [6.07, 6.45) is 0.312. The predicted molar refractivity (Wildman–Crippen MR) is 87.9 cm³/mol. The number of halogens is 1. The first-order chi connectivity index (χ1) is 10.7. The zero-order valence-electron chi connectivity index (χ0n) is 11.4. The number of aromatic amines is 2. The van der Waals surface area contributed by atoms with E-state index in [0.29, 0.717) is 11.9 Å². The van der Waals surface area contributed by atoms with Gasteiger partial charge in [-0.05, 0) is 33.6 Å². The fraction of sp³-hybridized carbons (Fsp3) is 0.0625. The fourth-order valence-electron chi connectivity index (χ4n) is 2.47. The van der Waals surface area contributed by atoms with Crippen LogP contribution in [0.25, 0.3) is 21.9 Å². The highest BCUT2D eigenvalue weighted by molar-refractivity contribution is 9.10. The van der Waals surface area contributed by atoms with E-state index in [1.165, 1.54) is 0 Å². The smallest absolute Gasteiger partial charge is 0.204 e. The second-order valence-electron chi connectivity index (χ2n) is 5.08. The number of ketones is 1. The summed E-state index contributed by atoms with van der Waals surface area (Å²) >= 11 is 3.43. The normalized spacial score (nSPS) is 11.3. The molecule has 6 heteroatoms. The van der Waals surface area contributed by atoms with Gasteiger partial charge in [-0.3, -0.25) is 15.0 Å². The first-order valence-corrected chi connectivity index (χ1v) is 7.60. The van der Waals surface area contributed by atoms with Gasteiger partial charge in [0.1, 0.15) is 4.60 Å². The van der Waals surface area contributed by atoms with Crippen LogP contribution in [-0.4, -0.2) is 25.9 Å². The lowest BCUT2D eigenvalue weighted by Crippen LogP contribution is -2.05. The van der Waals surface area contributed by atoms with Crippen molar-refractivity contribution < 1.29 is 4.79 Å². The lowest BCUT2D eigenvalue weighted by Gasteiger charge is -1.96. The van der Waals surface area contributed by atoms with Crippen molar-refractivity contribution in [2.45, 2.75) is 6.42 Å². The largest absolute Gasteiger partial charge is 0.300 e. The highest BCUT2D eigenvalue weighted by Gasteiger charge is 2.15. The van der Waals surface area contributed by atoms with E-state index in [4.69, 9.17) is 0 Å². The maximum atomic E-state index is 12.3. The predicted octanol–water partition coefficient (Wildman–Crippen LogP) is 3.63. The number of nitrogens with one attached hydrogen (secondary N) is 2. The van der Waals surface area contributed by atoms with Gasteiger partial charge in [-0.15, -0.1) is 0 Å². The number of hydrogen-bond acceptors (Lipinski definition) is 3. The molecule has 5 nitrogen and oxygen atoms in total. The molecule has 0 amide bonds. The Morgan fingerprint density at radius 3 is 2.55 bits per heavy atom. The zero-order valence-corrected chi connectivity index (χ0v) is 13.0. The number of carbonyl (C=O) groups excluding carboxylic acids is 1. The van der Waals surface area contributed by atoms with Crippen molar-refractivity contribution in [1.82, 2.24) is 20.2 Å². The topological polar surface area (TPSA) is 74.4 Å². The van der Waals surface area contributed by atoms with Crippen LogP contribution in [0.2, 0.25) is 0 Å². The number of carbonyl (C=O) groups is 1. The molecule has 0 aliphatic rings. The molecule has 4 rings (SSSR count). The van der Waals surface area contributed by atoms with Crippen LogP contribution in [0.15, 0.2) is 47.1 Å². The van der Waals surface area contributed by atoms with E-state index in [1.54, 1.807) is 0 Å². The van der Waals surface area contributed by atoms with E-state index in [9.17, 15) is 4.79 Å². The molecule has 0 saturated heterocycles. The Bertz CT molecular complexity index is 987. The minimum absolute atomic E-state index is 0.0725. The van der Waals surface area contributed by atoms with Crippen molar-refractivity contribution >= 4 is 43.6 Å². The van der Waals surface area contributed by atoms with Gasteiger partial charge in [0.25, 0.3) is 0 Å². The Balaban J connectivity index is 1.72. The number of fused-ring (bicyclic) bond motifs is 2. The Kier molecular flexibility index (Phi) is 3.04. The molecule has 0 unspecified atom stereocenters. The Morgan fingerprint density at radius 1 is 1.05 bits per heavy atom. The molecular formula is C16H11BrN4O. The Morgan fingerprint density at radius 2 is 1.77 bits per heavy atom. The van der Waals surface area contributed by atoms with Gasteiger partial charge in [-0.2, -0.15) is 0 Å². The molecule has 0 saturated carbocycles. The molecule has 22 heavy (non-hydrogen) atoms. The van der Waals surface area contributed by atoms with Gasteiger partial charge in [-0.1, -0.05) is 30.3 Å². The molecule has 108 valence electrons. The molecule has 2 aromatic heterocycles. The Labute approximate surface area is 133 Å². The van der Waals surface area contributed by atoms with Crippen molar-refractivity contribution in [2.24, 2.45) is 0 Å². The summed E-state index contributed by atoms with van der Waals surface area (Å²) in [5.41, 5.74) is 3.32. The number of nitrogens with zero attached hydrogens (tertiary/aromatic N) is 2. The third-order valence-corrected chi connectivity index (χ3v) is 4.19. The van der Waals surface area contributed by atoms with Gasteiger partial charge in [0.2, 0.25) is 5.78 Å². The monoisotopic (exact) mass is 354 g/mol. The molecule has 2 N–H and O–H groups in total. The Hall–Kier alpha value is -2.47. The molecular weight excluding hydrogens is 344 g/mol. The fourth-order valence-corrected chi connectivity index (χ4v) is 2.90. The van der Waals surface area contributed by atoms with Gasteiger partial charge in [0, 0.05) is 11.8 Å². The highest BCUT2D eigenvalue weighted by Crippen LogP contribution is 2.25. The molecule has 0 aliphatic carbocycles. The summed E-state index contributed by atoms with van der Waals surface area (Å²) in [6.45, 7) is 0.